The SMILES string of the molecule is C1=C2CC3C4CC1C4C23. The molecule has 0 spiro atoms. The van der Waals surface area contributed by atoms with Crippen molar-refractivity contribution in [3.63, 3.8) is 0 Å². The van der Waals surface area contributed by atoms with Crippen molar-refractivity contribution in [2.24, 2.45) is 29.6 Å². The van der Waals surface area contributed by atoms with Crippen molar-refractivity contribution in [1.82, 2.24) is 0 Å². The van der Waals surface area contributed by atoms with Gasteiger partial charge in [0.25, 0.3) is 0 Å². The summed E-state index contributed by atoms with van der Waals surface area (Å²) in [5.41, 5.74) is 1.85. The third kappa shape index (κ3) is 0.200. The average molecular weight is 118 g/mol. The molecule has 0 aromatic heterocycles. The van der Waals surface area contributed by atoms with Crippen LogP contribution in [0.2, 0.25) is 0 Å². The van der Waals surface area contributed by atoms with E-state index in [0.29, 0.717) is 0 Å². The highest BCUT2D eigenvalue weighted by atomic mass is 14.7. The highest BCUT2D eigenvalue weighted by molar-refractivity contribution is 5.39. The van der Waals surface area contributed by atoms with E-state index in [2.05, 4.69) is 6.08 Å². The normalized spacial score (nSPS) is 71.1. The van der Waals surface area contributed by atoms with Crippen LogP contribution in [0.15, 0.2) is 11.6 Å². The molecule has 0 radical (unpaired) electrons. The Kier molecular flexibility index (Phi) is 0.345. The van der Waals surface area contributed by atoms with Gasteiger partial charge < -0.3 is 0 Å². The number of hydrogen-bond donors (Lipinski definition) is 0. The molecule has 0 bridgehead atoms. The molecule has 0 saturated heterocycles. The molecular formula is C9H10. The van der Waals surface area contributed by atoms with E-state index in [1.165, 1.54) is 24.2 Å². The molecule has 0 nitrogen and oxygen atoms in total. The van der Waals surface area contributed by atoms with Crippen molar-refractivity contribution < 1.29 is 0 Å². The van der Waals surface area contributed by atoms with Crippen LogP contribution in [-0.2, 0) is 0 Å². The quantitative estimate of drug-likeness (QED) is 0.426. The Balaban J connectivity index is 2.00. The minimum absolute atomic E-state index is 1.08. The standard InChI is InChI=1S/C9H10/c1-4-2-6-7-3-5(1)9(7)8(4)6/h1,4,6-9H,2-3H2. The van der Waals surface area contributed by atoms with Crippen molar-refractivity contribution in [1.29, 1.82) is 0 Å². The maximum absolute atomic E-state index is 2.59. The highest BCUT2D eigenvalue weighted by Crippen LogP contribution is 2.75. The lowest BCUT2D eigenvalue weighted by Crippen LogP contribution is -2.59. The average Bonchev–Trinajstić information content (AvgIpc) is 2.21. The van der Waals surface area contributed by atoms with E-state index in [9.17, 15) is 0 Å². The largest absolute Gasteiger partial charge is 0.0816 e. The van der Waals surface area contributed by atoms with Gasteiger partial charge in [-0.25, -0.2) is 0 Å². The van der Waals surface area contributed by atoms with Gasteiger partial charge in [-0.1, -0.05) is 11.6 Å². The second kappa shape index (κ2) is 0.817. The second-order valence-electron chi connectivity index (χ2n) is 4.28. The van der Waals surface area contributed by atoms with Crippen LogP contribution in [0, 0.1) is 29.6 Å². The van der Waals surface area contributed by atoms with Crippen LogP contribution in [0.1, 0.15) is 12.8 Å². The van der Waals surface area contributed by atoms with E-state index in [1.54, 1.807) is 6.42 Å². The maximum atomic E-state index is 2.59. The Hall–Kier alpha value is -0.260. The molecule has 5 unspecified atom stereocenters. The van der Waals surface area contributed by atoms with Gasteiger partial charge in [-0.3, -0.25) is 0 Å². The van der Waals surface area contributed by atoms with Crippen molar-refractivity contribution in [2.45, 2.75) is 12.8 Å². The van der Waals surface area contributed by atoms with Crippen LogP contribution < -0.4 is 0 Å². The van der Waals surface area contributed by atoms with Gasteiger partial charge in [-0.05, 0) is 42.4 Å². The molecule has 46 valence electrons. The smallest absolute Gasteiger partial charge is 0.0132 e. The summed E-state index contributed by atoms with van der Waals surface area (Å²) in [4.78, 5) is 0. The molecule has 4 rings (SSSR count). The first-order valence-electron chi connectivity index (χ1n) is 4.16. The minimum Gasteiger partial charge on any atom is -0.0816 e. The lowest BCUT2D eigenvalue weighted by molar-refractivity contribution is -0.132. The van der Waals surface area contributed by atoms with E-state index in [4.69, 9.17) is 0 Å². The van der Waals surface area contributed by atoms with Crippen LogP contribution in [-0.4, -0.2) is 0 Å². The molecule has 0 heteroatoms. The van der Waals surface area contributed by atoms with E-state index in [-0.39, 0.29) is 0 Å². The molecule has 0 amide bonds. The lowest BCUT2D eigenvalue weighted by Gasteiger charge is -2.65. The van der Waals surface area contributed by atoms with Gasteiger partial charge in [0.15, 0.2) is 0 Å². The summed E-state index contributed by atoms with van der Waals surface area (Å²) < 4.78 is 0. The van der Waals surface area contributed by atoms with Gasteiger partial charge >= 0.3 is 0 Å². The van der Waals surface area contributed by atoms with Crippen LogP contribution in [0.5, 0.6) is 0 Å². The second-order valence-corrected chi connectivity index (χ2v) is 4.28. The maximum Gasteiger partial charge on any atom is -0.0132 e. The number of allylic oxidation sites excluding steroid dienone is 2. The first kappa shape index (κ1) is 3.80. The zero-order valence-corrected chi connectivity index (χ0v) is 5.38. The summed E-state index contributed by atoms with van der Waals surface area (Å²) in [7, 11) is 0. The monoisotopic (exact) mass is 118 g/mol. The molecule has 9 heavy (non-hydrogen) atoms. The molecule has 0 N–H and O–H groups in total. The zero-order valence-electron chi connectivity index (χ0n) is 5.38. The lowest BCUT2D eigenvalue weighted by atomic mass is 9.39. The van der Waals surface area contributed by atoms with Gasteiger partial charge in [0, 0.05) is 0 Å². The molecule has 0 aromatic rings. The first-order chi connectivity index (χ1) is 4.45. The molecule has 4 aliphatic rings. The number of hydrogen-bond acceptors (Lipinski definition) is 0. The first-order valence-corrected chi connectivity index (χ1v) is 4.16. The Bertz CT molecular complexity index is 226. The fourth-order valence-corrected chi connectivity index (χ4v) is 3.83. The Morgan fingerprint density at radius 1 is 1.33 bits per heavy atom. The van der Waals surface area contributed by atoms with Gasteiger partial charge in [0.05, 0.1) is 0 Å². The Morgan fingerprint density at radius 2 is 2.33 bits per heavy atom. The van der Waals surface area contributed by atoms with E-state index >= 15 is 0 Å². The molecule has 3 saturated carbocycles. The Morgan fingerprint density at radius 3 is 3.22 bits per heavy atom. The van der Waals surface area contributed by atoms with Crippen molar-refractivity contribution in [3.05, 3.63) is 11.6 Å². The third-order valence-corrected chi connectivity index (χ3v) is 4.29. The van der Waals surface area contributed by atoms with Gasteiger partial charge in [-0.15, -0.1) is 0 Å². The molecule has 0 heterocycles. The van der Waals surface area contributed by atoms with Crippen molar-refractivity contribution in [2.75, 3.05) is 0 Å². The molecule has 0 aromatic carbocycles. The van der Waals surface area contributed by atoms with Gasteiger partial charge in [0.2, 0.25) is 0 Å². The van der Waals surface area contributed by atoms with E-state index < -0.39 is 0 Å². The van der Waals surface area contributed by atoms with Crippen LogP contribution in [0.4, 0.5) is 0 Å². The molecular weight excluding hydrogens is 108 g/mol. The Labute approximate surface area is 54.9 Å². The van der Waals surface area contributed by atoms with Crippen LogP contribution in [0.3, 0.4) is 0 Å². The molecule has 4 aliphatic carbocycles. The van der Waals surface area contributed by atoms with E-state index in [0.717, 1.165) is 11.8 Å². The number of fused-ring (bicyclic) bond motifs is 1. The molecule has 5 atom stereocenters. The van der Waals surface area contributed by atoms with Gasteiger partial charge in [-0.2, -0.15) is 0 Å². The van der Waals surface area contributed by atoms with Crippen molar-refractivity contribution in [3.8, 4) is 0 Å². The summed E-state index contributed by atoms with van der Waals surface area (Å²) in [6.45, 7) is 0. The van der Waals surface area contributed by atoms with Crippen LogP contribution >= 0.6 is 0 Å². The molecule has 3 fully saturated rings. The minimum atomic E-state index is 1.08. The highest BCUT2D eigenvalue weighted by Gasteiger charge is 2.68. The fraction of sp³-hybridized carbons (Fsp3) is 0.778. The molecule has 0 aliphatic heterocycles. The topological polar surface area (TPSA) is 0 Å². The predicted octanol–water partition coefficient (Wildman–Crippen LogP) is 1.83. The summed E-state index contributed by atoms with van der Waals surface area (Å²) in [6, 6.07) is 0. The summed E-state index contributed by atoms with van der Waals surface area (Å²) in [5.74, 6) is 5.82. The summed E-state index contributed by atoms with van der Waals surface area (Å²) >= 11 is 0. The fourth-order valence-electron chi connectivity index (χ4n) is 3.83. The zero-order chi connectivity index (χ0) is 5.59. The summed E-state index contributed by atoms with van der Waals surface area (Å²) in [5, 5.41) is 0. The van der Waals surface area contributed by atoms with Gasteiger partial charge in [0.1, 0.15) is 0 Å². The van der Waals surface area contributed by atoms with Crippen molar-refractivity contribution >= 4 is 0 Å². The summed E-state index contributed by atoms with van der Waals surface area (Å²) in [6.07, 6.45) is 5.66. The predicted molar refractivity (Wildman–Crippen MR) is 34.8 cm³/mol. The third-order valence-electron chi connectivity index (χ3n) is 4.29. The van der Waals surface area contributed by atoms with Crippen LogP contribution in [0.25, 0.3) is 0 Å². The van der Waals surface area contributed by atoms with E-state index in [1.807, 2.05) is 5.57 Å². The number of rotatable bonds is 0.